The van der Waals surface area contributed by atoms with Gasteiger partial charge in [-0.1, -0.05) is 44.5 Å². The second kappa shape index (κ2) is 9.88. The molecule has 1 atom stereocenters. The number of amides is 1. The Morgan fingerprint density at radius 1 is 1.16 bits per heavy atom. The van der Waals surface area contributed by atoms with Gasteiger partial charge in [0.1, 0.15) is 18.1 Å². The van der Waals surface area contributed by atoms with E-state index in [9.17, 15) is 4.79 Å². The maximum Gasteiger partial charge on any atom is 0.251 e. The van der Waals surface area contributed by atoms with Crippen molar-refractivity contribution in [2.24, 2.45) is 5.41 Å². The number of halogens is 1. The zero-order valence-corrected chi connectivity index (χ0v) is 19.0. The predicted octanol–water partition coefficient (Wildman–Crippen LogP) is 4.97. The van der Waals surface area contributed by atoms with Crippen LogP contribution in [0.1, 0.15) is 36.7 Å². The third kappa shape index (κ3) is 6.01. The van der Waals surface area contributed by atoms with Gasteiger partial charge in [0.15, 0.2) is 0 Å². The number of hydrogen-bond acceptors (Lipinski definition) is 4. The summed E-state index contributed by atoms with van der Waals surface area (Å²) in [7, 11) is 1.59. The van der Waals surface area contributed by atoms with Crippen LogP contribution in [0.25, 0.3) is 0 Å². The van der Waals surface area contributed by atoms with Gasteiger partial charge in [0.05, 0.1) is 24.7 Å². The molecule has 0 fully saturated rings. The average Bonchev–Trinajstić information content (AvgIpc) is 3.25. The van der Waals surface area contributed by atoms with Gasteiger partial charge in [-0.2, -0.15) is 5.10 Å². The number of carbonyl (C=O) groups excluding carboxylic acids is 1. The van der Waals surface area contributed by atoms with Crippen LogP contribution in [0.15, 0.2) is 60.9 Å². The number of carbonyl (C=O) groups is 1. The third-order valence-electron chi connectivity index (χ3n) is 5.04. The van der Waals surface area contributed by atoms with Gasteiger partial charge >= 0.3 is 0 Å². The minimum Gasteiger partial charge on any atom is -0.496 e. The number of hydrogen-bond donors (Lipinski definition) is 1. The van der Waals surface area contributed by atoms with Gasteiger partial charge in [-0.15, -0.1) is 0 Å². The van der Waals surface area contributed by atoms with Crippen molar-refractivity contribution in [2.45, 2.75) is 40.0 Å². The van der Waals surface area contributed by atoms with Crippen molar-refractivity contribution in [1.29, 1.82) is 0 Å². The molecule has 0 radical (unpaired) electrons. The summed E-state index contributed by atoms with van der Waals surface area (Å²) in [6, 6.07) is 14.4. The van der Waals surface area contributed by atoms with Crippen molar-refractivity contribution < 1.29 is 14.3 Å². The summed E-state index contributed by atoms with van der Waals surface area (Å²) in [5, 5.41) is 7.95. The Kier molecular flexibility index (Phi) is 7.23. The molecule has 0 aliphatic heterocycles. The Balaban J connectivity index is 1.77. The first-order valence-corrected chi connectivity index (χ1v) is 10.5. The van der Waals surface area contributed by atoms with Crippen LogP contribution in [-0.2, 0) is 13.2 Å². The van der Waals surface area contributed by atoms with Crippen LogP contribution in [0.2, 0.25) is 5.02 Å². The molecular formula is C24H28ClN3O3. The van der Waals surface area contributed by atoms with Gasteiger partial charge in [0.2, 0.25) is 0 Å². The molecule has 0 aliphatic carbocycles. The molecule has 7 heteroatoms. The second-order valence-electron chi connectivity index (χ2n) is 8.37. The standard InChI is InChI=1S/C24H28ClN3O3/c1-24(2,3)22(15-28-13-7-12-26-28)27-23(29)17-10-11-20(30-4)18(14-17)16-31-21-9-6-5-8-19(21)25/h5-14,22H,15-16H2,1-4H3,(H,27,29). The number of para-hydroxylation sites is 1. The molecule has 1 aromatic heterocycles. The van der Waals surface area contributed by atoms with Crippen molar-refractivity contribution in [3.8, 4) is 11.5 Å². The number of nitrogens with zero attached hydrogens (tertiary/aromatic N) is 2. The fourth-order valence-electron chi connectivity index (χ4n) is 3.12. The van der Waals surface area contributed by atoms with Crippen LogP contribution >= 0.6 is 11.6 Å². The van der Waals surface area contributed by atoms with E-state index in [-0.39, 0.29) is 24.0 Å². The van der Waals surface area contributed by atoms with Gasteiger partial charge in [-0.05, 0) is 41.8 Å². The number of ether oxygens (including phenoxy) is 2. The largest absolute Gasteiger partial charge is 0.496 e. The number of nitrogens with one attached hydrogen (secondary N) is 1. The van der Waals surface area contributed by atoms with Gasteiger partial charge < -0.3 is 14.8 Å². The van der Waals surface area contributed by atoms with Crippen LogP contribution in [-0.4, -0.2) is 28.8 Å². The van der Waals surface area contributed by atoms with Crippen molar-refractivity contribution in [3.63, 3.8) is 0 Å². The van der Waals surface area contributed by atoms with E-state index in [2.05, 4.69) is 31.2 Å². The fraction of sp³-hybridized carbons (Fsp3) is 0.333. The van der Waals surface area contributed by atoms with Crippen LogP contribution in [0.3, 0.4) is 0 Å². The van der Waals surface area contributed by atoms with E-state index < -0.39 is 0 Å². The third-order valence-corrected chi connectivity index (χ3v) is 5.35. The molecule has 164 valence electrons. The van der Waals surface area contributed by atoms with Gasteiger partial charge in [0.25, 0.3) is 5.91 Å². The summed E-state index contributed by atoms with van der Waals surface area (Å²) >= 11 is 6.18. The predicted molar refractivity (Wildman–Crippen MR) is 122 cm³/mol. The quantitative estimate of drug-likeness (QED) is 0.536. The van der Waals surface area contributed by atoms with Crippen LogP contribution in [0.4, 0.5) is 0 Å². The number of aromatic nitrogens is 2. The smallest absolute Gasteiger partial charge is 0.251 e. The lowest BCUT2D eigenvalue weighted by Gasteiger charge is -2.31. The fourth-order valence-corrected chi connectivity index (χ4v) is 3.31. The van der Waals surface area contributed by atoms with Gasteiger partial charge in [-0.3, -0.25) is 9.48 Å². The number of rotatable bonds is 8. The van der Waals surface area contributed by atoms with E-state index in [1.807, 2.05) is 29.1 Å². The first-order chi connectivity index (χ1) is 14.8. The molecule has 1 unspecified atom stereocenters. The lowest BCUT2D eigenvalue weighted by Crippen LogP contribution is -2.46. The molecular weight excluding hydrogens is 414 g/mol. The number of benzene rings is 2. The molecule has 1 heterocycles. The van der Waals surface area contributed by atoms with Gasteiger partial charge in [0, 0.05) is 23.5 Å². The summed E-state index contributed by atoms with van der Waals surface area (Å²) in [4.78, 5) is 13.1. The molecule has 0 saturated carbocycles. The highest BCUT2D eigenvalue weighted by atomic mass is 35.5. The molecule has 3 rings (SSSR count). The Morgan fingerprint density at radius 2 is 1.94 bits per heavy atom. The zero-order chi connectivity index (χ0) is 22.4. The Labute approximate surface area is 188 Å². The highest BCUT2D eigenvalue weighted by Crippen LogP contribution is 2.27. The van der Waals surface area contributed by atoms with Crippen molar-refractivity contribution in [2.75, 3.05) is 7.11 Å². The van der Waals surface area contributed by atoms with Crippen LogP contribution < -0.4 is 14.8 Å². The van der Waals surface area contributed by atoms with Crippen LogP contribution in [0.5, 0.6) is 11.5 Å². The maximum absolute atomic E-state index is 13.1. The van der Waals surface area contributed by atoms with E-state index in [1.165, 1.54) is 0 Å². The second-order valence-corrected chi connectivity index (χ2v) is 8.77. The maximum atomic E-state index is 13.1. The molecule has 2 aromatic carbocycles. The normalized spacial score (nSPS) is 12.3. The van der Waals surface area contributed by atoms with E-state index >= 15 is 0 Å². The van der Waals surface area contributed by atoms with E-state index in [1.54, 1.807) is 43.6 Å². The summed E-state index contributed by atoms with van der Waals surface area (Å²) < 4.78 is 13.1. The summed E-state index contributed by atoms with van der Waals surface area (Å²) in [5.41, 5.74) is 1.15. The van der Waals surface area contributed by atoms with Crippen molar-refractivity contribution in [1.82, 2.24) is 15.1 Å². The topological polar surface area (TPSA) is 65.4 Å². The monoisotopic (exact) mass is 441 g/mol. The molecule has 3 aromatic rings. The van der Waals surface area contributed by atoms with E-state index in [0.717, 1.165) is 5.56 Å². The number of methoxy groups -OCH3 is 1. The molecule has 0 bridgehead atoms. The van der Waals surface area contributed by atoms with E-state index in [0.29, 0.717) is 28.6 Å². The summed E-state index contributed by atoms with van der Waals surface area (Å²) in [5.74, 6) is 1.06. The Bertz CT molecular complexity index is 1010. The SMILES string of the molecule is COc1ccc(C(=O)NC(Cn2cccn2)C(C)(C)C)cc1COc1ccccc1Cl. The zero-order valence-electron chi connectivity index (χ0n) is 18.3. The molecule has 1 amide bonds. The lowest BCUT2D eigenvalue weighted by atomic mass is 9.86. The van der Waals surface area contributed by atoms with E-state index in [4.69, 9.17) is 21.1 Å². The molecule has 0 saturated heterocycles. The summed E-state index contributed by atoms with van der Waals surface area (Å²) in [6.45, 7) is 7.10. The first-order valence-electron chi connectivity index (χ1n) is 10.1. The highest BCUT2D eigenvalue weighted by molar-refractivity contribution is 6.32. The highest BCUT2D eigenvalue weighted by Gasteiger charge is 2.27. The van der Waals surface area contributed by atoms with Gasteiger partial charge in [-0.25, -0.2) is 0 Å². The van der Waals surface area contributed by atoms with Crippen molar-refractivity contribution >= 4 is 17.5 Å². The summed E-state index contributed by atoms with van der Waals surface area (Å²) in [6.07, 6.45) is 3.62. The Hall–Kier alpha value is -2.99. The van der Waals surface area contributed by atoms with Crippen LogP contribution in [0, 0.1) is 5.41 Å². The lowest BCUT2D eigenvalue weighted by molar-refractivity contribution is 0.0890. The molecule has 1 N–H and O–H groups in total. The molecule has 0 spiro atoms. The molecule has 31 heavy (non-hydrogen) atoms. The average molecular weight is 442 g/mol. The minimum atomic E-state index is -0.159. The van der Waals surface area contributed by atoms with Crippen molar-refractivity contribution in [3.05, 3.63) is 77.1 Å². The first kappa shape index (κ1) is 22.7. The molecule has 6 nitrogen and oxygen atoms in total. The Morgan fingerprint density at radius 3 is 2.58 bits per heavy atom. The minimum absolute atomic E-state index is 0.107. The molecule has 0 aliphatic rings.